The summed E-state index contributed by atoms with van der Waals surface area (Å²) < 4.78 is 72.1. The van der Waals surface area contributed by atoms with Crippen molar-refractivity contribution in [2.24, 2.45) is 0 Å². The van der Waals surface area contributed by atoms with Crippen molar-refractivity contribution in [3.05, 3.63) is 88.1 Å². The van der Waals surface area contributed by atoms with Crippen LogP contribution in [0.4, 0.5) is 17.6 Å². The summed E-state index contributed by atoms with van der Waals surface area (Å²) in [6.45, 7) is 0.757. The van der Waals surface area contributed by atoms with Crippen LogP contribution in [0.5, 0.6) is 17.2 Å². The van der Waals surface area contributed by atoms with Gasteiger partial charge in [0.1, 0.15) is 11.5 Å². The first-order valence-electron chi connectivity index (χ1n) is 9.94. The maximum atomic E-state index is 14.1. The van der Waals surface area contributed by atoms with Gasteiger partial charge in [-0.05, 0) is 66.6 Å². The fraction of sp³-hybridized carbons (Fsp3) is 0.250. The molecular formula is C24H21BrF4O4. The summed E-state index contributed by atoms with van der Waals surface area (Å²) >= 11 is 3.29. The zero-order valence-corrected chi connectivity index (χ0v) is 19.1. The van der Waals surface area contributed by atoms with Crippen molar-refractivity contribution in [2.45, 2.75) is 25.3 Å². The zero-order chi connectivity index (χ0) is 24.1. The molecule has 33 heavy (non-hydrogen) atoms. The van der Waals surface area contributed by atoms with E-state index in [9.17, 15) is 22.7 Å². The molecule has 3 rings (SSSR count). The summed E-state index contributed by atoms with van der Waals surface area (Å²) in [6, 6.07) is 15.5. The first-order chi connectivity index (χ1) is 15.6. The van der Waals surface area contributed by atoms with Gasteiger partial charge in [0.25, 0.3) is 0 Å². The minimum absolute atomic E-state index is 0.101. The van der Waals surface area contributed by atoms with E-state index < -0.39 is 24.2 Å². The number of ether oxygens (including phenoxy) is 3. The monoisotopic (exact) mass is 528 g/mol. The van der Waals surface area contributed by atoms with Crippen molar-refractivity contribution in [3.63, 3.8) is 0 Å². The molecule has 1 atom stereocenters. The lowest BCUT2D eigenvalue weighted by atomic mass is 9.94. The van der Waals surface area contributed by atoms with Crippen LogP contribution in [0.25, 0.3) is 0 Å². The van der Waals surface area contributed by atoms with Crippen LogP contribution in [-0.4, -0.2) is 24.5 Å². The molecule has 0 spiro atoms. The maximum Gasteiger partial charge on any atom is 0.423 e. The normalized spacial score (nSPS) is 13.4. The van der Waals surface area contributed by atoms with Gasteiger partial charge in [-0.15, -0.1) is 0 Å². The summed E-state index contributed by atoms with van der Waals surface area (Å²) in [4.78, 5) is 0. The van der Waals surface area contributed by atoms with Crippen LogP contribution in [0.2, 0.25) is 0 Å². The Bertz CT molecular complexity index is 1060. The first-order valence-corrected chi connectivity index (χ1v) is 10.7. The average molecular weight is 529 g/mol. The predicted octanol–water partition coefficient (Wildman–Crippen LogP) is 6.75. The number of benzene rings is 3. The van der Waals surface area contributed by atoms with Crippen molar-refractivity contribution < 1.29 is 36.9 Å². The van der Waals surface area contributed by atoms with Crippen LogP contribution < -0.4 is 9.47 Å². The number of aliphatic hydroxyl groups is 1. The third-order valence-corrected chi connectivity index (χ3v) is 5.26. The van der Waals surface area contributed by atoms with Gasteiger partial charge < -0.3 is 19.3 Å². The Hall–Kier alpha value is -2.62. The van der Waals surface area contributed by atoms with Gasteiger partial charge in [-0.1, -0.05) is 34.1 Å². The molecule has 0 saturated carbocycles. The molecule has 4 nitrogen and oxygen atoms in total. The smallest absolute Gasteiger partial charge is 0.423 e. The standard InChI is InChI=1S/C24H21BrF4O4/c1-2-32-19-8-4-17(5-9-19)23(30,24(27,28)29)15-31-14-16-3-12-21(26)22(13-16)33-20-10-6-18(25)7-11-20/h3-13,30H,2,14-15H2,1H3. The molecule has 0 aromatic heterocycles. The Morgan fingerprint density at radius 3 is 2.15 bits per heavy atom. The molecular weight excluding hydrogens is 508 g/mol. The highest BCUT2D eigenvalue weighted by Gasteiger charge is 2.55. The molecule has 1 N–H and O–H groups in total. The second kappa shape index (κ2) is 10.5. The van der Waals surface area contributed by atoms with E-state index >= 15 is 0 Å². The number of hydrogen-bond donors (Lipinski definition) is 1. The number of hydrogen-bond acceptors (Lipinski definition) is 4. The molecule has 0 aliphatic rings. The molecule has 0 saturated heterocycles. The minimum Gasteiger partial charge on any atom is -0.494 e. The summed E-state index contributed by atoms with van der Waals surface area (Å²) in [5.74, 6) is 0.0345. The molecule has 0 radical (unpaired) electrons. The Balaban J connectivity index is 1.71. The molecule has 0 aliphatic carbocycles. The highest BCUT2D eigenvalue weighted by molar-refractivity contribution is 9.10. The van der Waals surface area contributed by atoms with E-state index in [2.05, 4.69) is 15.9 Å². The lowest BCUT2D eigenvalue weighted by molar-refractivity contribution is -0.283. The molecule has 0 fully saturated rings. The molecule has 1 unspecified atom stereocenters. The lowest BCUT2D eigenvalue weighted by Gasteiger charge is -2.30. The van der Waals surface area contributed by atoms with Crippen LogP contribution in [-0.2, 0) is 16.9 Å². The Morgan fingerprint density at radius 2 is 1.55 bits per heavy atom. The number of alkyl halides is 3. The van der Waals surface area contributed by atoms with Crippen molar-refractivity contribution in [2.75, 3.05) is 13.2 Å². The SMILES string of the molecule is CCOc1ccc(C(O)(COCc2ccc(F)c(Oc3ccc(Br)cc3)c2)C(F)(F)F)cc1. The Kier molecular flexibility index (Phi) is 7.99. The average Bonchev–Trinajstić information content (AvgIpc) is 2.77. The highest BCUT2D eigenvalue weighted by Crippen LogP contribution is 2.40. The molecule has 9 heteroatoms. The van der Waals surface area contributed by atoms with Gasteiger partial charge in [-0.3, -0.25) is 0 Å². The van der Waals surface area contributed by atoms with E-state index in [0.717, 1.165) is 22.7 Å². The van der Waals surface area contributed by atoms with Gasteiger partial charge >= 0.3 is 6.18 Å². The number of halogens is 5. The maximum absolute atomic E-state index is 14.1. The summed E-state index contributed by atoms with van der Waals surface area (Å²) in [5.41, 5.74) is -3.23. The minimum atomic E-state index is -4.99. The molecule has 176 valence electrons. The number of rotatable bonds is 9. The van der Waals surface area contributed by atoms with Crippen molar-refractivity contribution in [1.29, 1.82) is 0 Å². The molecule has 0 bridgehead atoms. The Morgan fingerprint density at radius 1 is 0.909 bits per heavy atom. The van der Waals surface area contributed by atoms with Gasteiger partial charge in [0, 0.05) is 4.47 Å². The summed E-state index contributed by atoms with van der Waals surface area (Å²) in [5, 5.41) is 10.5. The predicted molar refractivity (Wildman–Crippen MR) is 118 cm³/mol. The van der Waals surface area contributed by atoms with Crippen molar-refractivity contribution in [1.82, 2.24) is 0 Å². The van der Waals surface area contributed by atoms with Gasteiger partial charge in [0.05, 0.1) is 19.8 Å². The molecule has 0 heterocycles. The van der Waals surface area contributed by atoms with Crippen LogP contribution in [0.3, 0.4) is 0 Å². The van der Waals surface area contributed by atoms with Gasteiger partial charge in [0.15, 0.2) is 11.6 Å². The van der Waals surface area contributed by atoms with E-state index in [1.165, 1.54) is 24.3 Å². The van der Waals surface area contributed by atoms with E-state index in [1.807, 2.05) is 0 Å². The van der Waals surface area contributed by atoms with E-state index in [4.69, 9.17) is 14.2 Å². The Labute approximate surface area is 196 Å². The van der Waals surface area contributed by atoms with Crippen molar-refractivity contribution in [3.8, 4) is 17.2 Å². The lowest BCUT2D eigenvalue weighted by Crippen LogP contribution is -2.46. The van der Waals surface area contributed by atoms with Crippen molar-refractivity contribution >= 4 is 15.9 Å². The van der Waals surface area contributed by atoms with Crippen LogP contribution >= 0.6 is 15.9 Å². The van der Waals surface area contributed by atoms with Gasteiger partial charge in [-0.25, -0.2) is 4.39 Å². The fourth-order valence-corrected chi connectivity index (χ4v) is 3.25. The van der Waals surface area contributed by atoms with Crippen LogP contribution in [0.1, 0.15) is 18.1 Å². The largest absolute Gasteiger partial charge is 0.494 e. The molecule has 0 amide bonds. The van der Waals surface area contributed by atoms with E-state index in [0.29, 0.717) is 23.7 Å². The fourth-order valence-electron chi connectivity index (χ4n) is 2.98. The highest BCUT2D eigenvalue weighted by atomic mass is 79.9. The second-order valence-corrected chi connectivity index (χ2v) is 8.04. The quantitative estimate of drug-likeness (QED) is 0.312. The van der Waals surface area contributed by atoms with Gasteiger partial charge in [-0.2, -0.15) is 13.2 Å². The second-order valence-electron chi connectivity index (χ2n) is 7.13. The molecule has 0 aliphatic heterocycles. The van der Waals surface area contributed by atoms with Gasteiger partial charge in [0.2, 0.25) is 5.60 Å². The van der Waals surface area contributed by atoms with Crippen LogP contribution in [0.15, 0.2) is 71.2 Å². The van der Waals surface area contributed by atoms with E-state index in [-0.39, 0.29) is 17.9 Å². The van der Waals surface area contributed by atoms with Crippen LogP contribution in [0, 0.1) is 5.82 Å². The topological polar surface area (TPSA) is 47.9 Å². The summed E-state index contributed by atoms with van der Waals surface area (Å²) in [7, 11) is 0. The third kappa shape index (κ3) is 6.25. The first kappa shape index (κ1) is 25.0. The third-order valence-electron chi connectivity index (χ3n) is 4.73. The summed E-state index contributed by atoms with van der Waals surface area (Å²) in [6.07, 6.45) is -4.99. The van der Waals surface area contributed by atoms with E-state index in [1.54, 1.807) is 31.2 Å². The molecule has 3 aromatic rings. The molecule has 3 aromatic carbocycles. The zero-order valence-electron chi connectivity index (χ0n) is 17.5.